The Balaban J connectivity index is 1.64. The molecule has 0 spiro atoms. The molecule has 0 atom stereocenters. The van der Waals surface area contributed by atoms with E-state index in [1.54, 1.807) is 6.92 Å². The van der Waals surface area contributed by atoms with Gasteiger partial charge in [-0.25, -0.2) is 9.37 Å². The van der Waals surface area contributed by atoms with Gasteiger partial charge in [-0.15, -0.1) is 0 Å². The summed E-state index contributed by atoms with van der Waals surface area (Å²) in [5, 5.41) is 9.31. The van der Waals surface area contributed by atoms with E-state index in [2.05, 4.69) is 25.9 Å². The summed E-state index contributed by atoms with van der Waals surface area (Å²) in [5.41, 5.74) is 2.76. The highest BCUT2D eigenvalue weighted by molar-refractivity contribution is 6.06. The minimum atomic E-state index is -0.418. The Labute approximate surface area is 214 Å². The summed E-state index contributed by atoms with van der Waals surface area (Å²) in [5.74, 6) is 1.42. The fraction of sp³-hybridized carbons (Fsp3) is 0.179. The van der Waals surface area contributed by atoms with Crippen LogP contribution >= 0.6 is 0 Å². The lowest BCUT2D eigenvalue weighted by Crippen LogP contribution is -2.16. The second kappa shape index (κ2) is 11.9. The molecule has 0 saturated carbocycles. The number of ether oxygens (including phenoxy) is 2. The lowest BCUT2D eigenvalue weighted by molar-refractivity contribution is 0.102. The van der Waals surface area contributed by atoms with E-state index in [1.807, 2.05) is 62.4 Å². The van der Waals surface area contributed by atoms with Gasteiger partial charge in [0.1, 0.15) is 23.0 Å². The van der Waals surface area contributed by atoms with E-state index in [1.165, 1.54) is 24.3 Å². The predicted molar refractivity (Wildman–Crippen MR) is 143 cm³/mol. The highest BCUT2D eigenvalue weighted by Crippen LogP contribution is 2.30. The number of aryl methyl sites for hydroxylation is 1. The van der Waals surface area contributed by atoms with Crippen molar-refractivity contribution in [2.75, 3.05) is 29.2 Å². The molecular formula is C28H28FN5O3. The monoisotopic (exact) mass is 501 g/mol. The maximum absolute atomic E-state index is 13.3. The molecule has 4 aromatic rings. The summed E-state index contributed by atoms with van der Waals surface area (Å²) in [4.78, 5) is 22.1. The Bertz CT molecular complexity index is 1340. The maximum Gasteiger partial charge on any atom is 0.255 e. The largest absolute Gasteiger partial charge is 0.494 e. The molecule has 0 fully saturated rings. The average molecular weight is 502 g/mol. The van der Waals surface area contributed by atoms with Crippen molar-refractivity contribution in [3.05, 3.63) is 89.9 Å². The fourth-order valence-corrected chi connectivity index (χ4v) is 3.52. The molecule has 8 nitrogen and oxygen atoms in total. The molecule has 0 unspecified atom stereocenters. The third kappa shape index (κ3) is 6.72. The zero-order valence-electron chi connectivity index (χ0n) is 20.8. The summed E-state index contributed by atoms with van der Waals surface area (Å²) in [6, 6.07) is 20.2. The van der Waals surface area contributed by atoms with Gasteiger partial charge in [0.05, 0.1) is 18.9 Å². The third-order valence-electron chi connectivity index (χ3n) is 5.28. The van der Waals surface area contributed by atoms with Crippen LogP contribution in [0.4, 0.5) is 33.2 Å². The first-order valence-corrected chi connectivity index (χ1v) is 11.9. The van der Waals surface area contributed by atoms with E-state index < -0.39 is 11.7 Å². The molecular weight excluding hydrogens is 473 g/mol. The molecule has 1 amide bonds. The number of halogens is 1. The van der Waals surface area contributed by atoms with E-state index in [-0.39, 0.29) is 0 Å². The molecule has 190 valence electrons. The number of hydrogen-bond acceptors (Lipinski definition) is 7. The van der Waals surface area contributed by atoms with Crippen molar-refractivity contribution in [3.8, 4) is 11.5 Å². The van der Waals surface area contributed by atoms with E-state index in [0.29, 0.717) is 41.9 Å². The van der Waals surface area contributed by atoms with Crippen LogP contribution in [0.2, 0.25) is 0 Å². The summed E-state index contributed by atoms with van der Waals surface area (Å²) in [6.45, 7) is 6.77. The minimum absolute atomic E-state index is 0.310. The smallest absolute Gasteiger partial charge is 0.255 e. The van der Waals surface area contributed by atoms with Crippen LogP contribution in [-0.4, -0.2) is 29.1 Å². The lowest BCUT2D eigenvalue weighted by atomic mass is 10.2. The first kappa shape index (κ1) is 25.4. The van der Waals surface area contributed by atoms with Gasteiger partial charge in [-0.2, -0.15) is 4.98 Å². The van der Waals surface area contributed by atoms with Crippen LogP contribution in [0.15, 0.2) is 72.8 Å². The SMILES string of the molecule is CCOc1ccc(Nc2nc(C)c(NC(=O)c3ccc(F)cc3)c(Nc3ccc(OCC)cc3)n2)cc1. The molecule has 0 aliphatic carbocycles. The summed E-state index contributed by atoms with van der Waals surface area (Å²) < 4.78 is 24.3. The molecule has 1 aromatic heterocycles. The zero-order chi connectivity index (χ0) is 26.2. The number of carbonyl (C=O) groups excluding carboxylic acids is 1. The first-order valence-electron chi connectivity index (χ1n) is 11.9. The standard InChI is InChI=1S/C28H28FN5O3/c1-4-36-23-14-10-21(11-15-23)31-26-25(33-27(35)19-6-8-20(29)9-7-19)18(3)30-28(34-26)32-22-12-16-24(17-13-22)37-5-2/h6-17H,4-5H2,1-3H3,(H,33,35)(H2,30,31,32,34). The Morgan fingerprint density at radius 1 is 0.784 bits per heavy atom. The molecule has 1 heterocycles. The quantitative estimate of drug-likeness (QED) is 0.229. The Hall–Kier alpha value is -4.66. The van der Waals surface area contributed by atoms with Gasteiger partial charge in [0.15, 0.2) is 5.82 Å². The van der Waals surface area contributed by atoms with E-state index in [0.717, 1.165) is 22.9 Å². The minimum Gasteiger partial charge on any atom is -0.494 e. The lowest BCUT2D eigenvalue weighted by Gasteiger charge is -2.17. The zero-order valence-corrected chi connectivity index (χ0v) is 20.8. The van der Waals surface area contributed by atoms with Crippen molar-refractivity contribution < 1.29 is 18.7 Å². The summed E-state index contributed by atoms with van der Waals surface area (Å²) in [7, 11) is 0. The van der Waals surface area contributed by atoms with Gasteiger partial charge in [-0.3, -0.25) is 4.79 Å². The maximum atomic E-state index is 13.3. The van der Waals surface area contributed by atoms with E-state index in [9.17, 15) is 9.18 Å². The number of amides is 1. The molecule has 0 radical (unpaired) electrons. The topological polar surface area (TPSA) is 97.4 Å². The number of carbonyl (C=O) groups is 1. The highest BCUT2D eigenvalue weighted by atomic mass is 19.1. The summed E-state index contributed by atoms with van der Waals surface area (Å²) in [6.07, 6.45) is 0. The molecule has 3 aromatic carbocycles. The van der Waals surface area contributed by atoms with E-state index in [4.69, 9.17) is 9.47 Å². The Morgan fingerprint density at radius 2 is 1.32 bits per heavy atom. The molecule has 0 aliphatic rings. The van der Waals surface area contributed by atoms with Crippen LogP contribution in [0.25, 0.3) is 0 Å². The van der Waals surface area contributed by atoms with Gasteiger partial charge < -0.3 is 25.4 Å². The number of nitrogens with zero attached hydrogens (tertiary/aromatic N) is 2. The second-order valence-corrected chi connectivity index (χ2v) is 7.98. The number of anilines is 5. The fourth-order valence-electron chi connectivity index (χ4n) is 3.52. The Morgan fingerprint density at radius 3 is 1.86 bits per heavy atom. The van der Waals surface area contributed by atoms with Gasteiger partial charge >= 0.3 is 0 Å². The predicted octanol–water partition coefficient (Wildman–Crippen LogP) is 6.46. The molecule has 9 heteroatoms. The van der Waals surface area contributed by atoms with Gasteiger partial charge in [0.25, 0.3) is 5.91 Å². The van der Waals surface area contributed by atoms with Gasteiger partial charge in [0.2, 0.25) is 5.95 Å². The van der Waals surface area contributed by atoms with Crippen molar-refractivity contribution in [1.82, 2.24) is 9.97 Å². The van der Waals surface area contributed by atoms with Gasteiger partial charge in [-0.05, 0) is 93.6 Å². The molecule has 4 rings (SSSR count). The van der Waals surface area contributed by atoms with Crippen molar-refractivity contribution in [3.63, 3.8) is 0 Å². The van der Waals surface area contributed by atoms with Crippen LogP contribution in [0.3, 0.4) is 0 Å². The van der Waals surface area contributed by atoms with Crippen molar-refractivity contribution in [2.24, 2.45) is 0 Å². The number of aromatic nitrogens is 2. The average Bonchev–Trinajstić information content (AvgIpc) is 2.89. The van der Waals surface area contributed by atoms with Gasteiger partial charge in [-0.1, -0.05) is 0 Å². The normalized spacial score (nSPS) is 10.5. The number of rotatable bonds is 10. The van der Waals surface area contributed by atoms with Crippen molar-refractivity contribution in [1.29, 1.82) is 0 Å². The molecule has 0 aliphatic heterocycles. The molecule has 3 N–H and O–H groups in total. The molecule has 37 heavy (non-hydrogen) atoms. The second-order valence-electron chi connectivity index (χ2n) is 7.98. The number of nitrogens with one attached hydrogen (secondary N) is 3. The summed E-state index contributed by atoms with van der Waals surface area (Å²) >= 11 is 0. The van der Waals surface area contributed by atoms with Crippen LogP contribution in [-0.2, 0) is 0 Å². The third-order valence-corrected chi connectivity index (χ3v) is 5.28. The van der Waals surface area contributed by atoms with Crippen LogP contribution in [0.1, 0.15) is 29.9 Å². The van der Waals surface area contributed by atoms with Crippen LogP contribution < -0.4 is 25.4 Å². The molecule has 0 bridgehead atoms. The van der Waals surface area contributed by atoms with Crippen LogP contribution in [0.5, 0.6) is 11.5 Å². The van der Waals surface area contributed by atoms with Gasteiger partial charge in [0, 0.05) is 16.9 Å². The van der Waals surface area contributed by atoms with Crippen molar-refractivity contribution in [2.45, 2.75) is 20.8 Å². The number of hydrogen-bond donors (Lipinski definition) is 3. The Kier molecular flexibility index (Phi) is 8.15. The molecule has 0 saturated heterocycles. The first-order chi connectivity index (χ1) is 17.9. The van der Waals surface area contributed by atoms with E-state index >= 15 is 0 Å². The number of benzene rings is 3. The van der Waals surface area contributed by atoms with Crippen LogP contribution in [0, 0.1) is 12.7 Å². The highest BCUT2D eigenvalue weighted by Gasteiger charge is 2.17. The van der Waals surface area contributed by atoms with Crippen molar-refractivity contribution >= 4 is 34.7 Å².